The van der Waals surface area contributed by atoms with Crippen molar-refractivity contribution in [1.82, 2.24) is 0 Å². The Morgan fingerprint density at radius 2 is 1.31 bits per heavy atom. The molecule has 0 aliphatic rings. The predicted molar refractivity (Wildman–Crippen MR) is 57.9 cm³/mol. The highest BCUT2D eigenvalue weighted by Crippen LogP contribution is 2.13. The van der Waals surface area contributed by atoms with Crippen LogP contribution in [0, 0.1) is 0 Å². The van der Waals surface area contributed by atoms with Gasteiger partial charge in [0.05, 0.1) is 6.42 Å². The smallest absolute Gasteiger partial charge is 0.306 e. The summed E-state index contributed by atoms with van der Waals surface area (Å²) in [6.07, 6.45) is -0.403. The number of hydrogen-bond acceptors (Lipinski definition) is 2. The van der Waals surface area contributed by atoms with Crippen molar-refractivity contribution < 1.29 is 23.5 Å². The van der Waals surface area contributed by atoms with Crippen LogP contribution in [0.1, 0.15) is 47.5 Å². The van der Waals surface area contributed by atoms with Gasteiger partial charge in [-0.2, -0.15) is 0 Å². The van der Waals surface area contributed by atoms with Crippen LogP contribution < -0.4 is 0 Å². The Kier molecular flexibility index (Phi) is 7.13. The standard InChI is InChI=1S/C6H11FO.C5H9FO2/c1-5(8)4-6(2,3)7;1-5(2,6)3-4(7)8/h4H2,1-3H3;3H2,1-2H3,(H,7,8). The van der Waals surface area contributed by atoms with Crippen molar-refractivity contribution in [3.63, 3.8) is 0 Å². The predicted octanol–water partition coefficient (Wildman–Crippen LogP) is 2.92. The molecule has 0 rings (SSSR count). The van der Waals surface area contributed by atoms with E-state index in [9.17, 15) is 18.4 Å². The first-order chi connectivity index (χ1) is 6.83. The Balaban J connectivity index is 0. The number of alkyl halides is 2. The third kappa shape index (κ3) is 23.1. The van der Waals surface area contributed by atoms with Crippen LogP contribution >= 0.6 is 0 Å². The number of halogens is 2. The molecule has 0 aliphatic heterocycles. The van der Waals surface area contributed by atoms with E-state index >= 15 is 0 Å². The minimum absolute atomic E-state index is 0.0208. The maximum absolute atomic E-state index is 12.4. The number of rotatable bonds is 4. The fourth-order valence-corrected chi connectivity index (χ4v) is 0.952. The molecule has 0 saturated heterocycles. The maximum Gasteiger partial charge on any atom is 0.306 e. The van der Waals surface area contributed by atoms with Crippen molar-refractivity contribution in [3.8, 4) is 0 Å². The first-order valence-electron chi connectivity index (χ1n) is 4.92. The van der Waals surface area contributed by atoms with E-state index in [1.165, 1.54) is 34.6 Å². The Labute approximate surface area is 94.8 Å². The number of carboxylic acid groups (broad SMARTS) is 1. The van der Waals surface area contributed by atoms with Crippen LogP contribution in [0.15, 0.2) is 0 Å². The summed E-state index contributed by atoms with van der Waals surface area (Å²) in [6.45, 7) is 6.66. The highest BCUT2D eigenvalue weighted by molar-refractivity contribution is 5.76. The lowest BCUT2D eigenvalue weighted by atomic mass is 10.1. The lowest BCUT2D eigenvalue weighted by molar-refractivity contribution is -0.139. The molecule has 0 aromatic rings. The van der Waals surface area contributed by atoms with Gasteiger partial charge < -0.3 is 5.11 Å². The van der Waals surface area contributed by atoms with Crippen molar-refractivity contribution in [2.75, 3.05) is 0 Å². The number of carbonyl (C=O) groups is 2. The van der Waals surface area contributed by atoms with Crippen molar-refractivity contribution in [2.24, 2.45) is 0 Å². The zero-order chi connectivity index (χ0) is 13.6. The van der Waals surface area contributed by atoms with E-state index in [2.05, 4.69) is 0 Å². The Morgan fingerprint density at radius 3 is 1.31 bits per heavy atom. The summed E-state index contributed by atoms with van der Waals surface area (Å²) < 4.78 is 24.7. The molecular formula is C11H20F2O3. The summed E-state index contributed by atoms with van der Waals surface area (Å²) >= 11 is 0. The molecule has 0 aromatic heterocycles. The second-order valence-corrected chi connectivity index (χ2v) is 4.89. The molecule has 5 heteroatoms. The van der Waals surface area contributed by atoms with Crippen LogP contribution in [0.25, 0.3) is 0 Å². The van der Waals surface area contributed by atoms with Gasteiger partial charge in [0.25, 0.3) is 0 Å². The fraction of sp³-hybridized carbons (Fsp3) is 0.818. The third-order valence-corrected chi connectivity index (χ3v) is 1.24. The summed E-state index contributed by atoms with van der Waals surface area (Å²) in [7, 11) is 0. The van der Waals surface area contributed by atoms with Crippen molar-refractivity contribution in [1.29, 1.82) is 0 Å². The van der Waals surface area contributed by atoms with E-state index in [4.69, 9.17) is 5.11 Å². The van der Waals surface area contributed by atoms with Gasteiger partial charge in [0, 0.05) is 6.42 Å². The minimum atomic E-state index is -1.58. The van der Waals surface area contributed by atoms with Crippen LogP contribution in [0.2, 0.25) is 0 Å². The molecule has 0 aromatic carbocycles. The van der Waals surface area contributed by atoms with Crippen molar-refractivity contribution in [2.45, 2.75) is 58.8 Å². The van der Waals surface area contributed by atoms with Gasteiger partial charge in [-0.05, 0) is 34.6 Å². The van der Waals surface area contributed by atoms with Crippen LogP contribution in [0.4, 0.5) is 8.78 Å². The molecule has 96 valence electrons. The molecule has 0 aliphatic carbocycles. The number of hydrogen-bond donors (Lipinski definition) is 1. The second kappa shape index (κ2) is 6.55. The summed E-state index contributed by atoms with van der Waals surface area (Å²) in [5, 5.41) is 8.01. The Bertz CT molecular complexity index is 211. The number of carbonyl (C=O) groups excluding carboxylic acids is 1. The topological polar surface area (TPSA) is 54.4 Å². The lowest BCUT2D eigenvalue weighted by Crippen LogP contribution is -2.17. The first-order valence-corrected chi connectivity index (χ1v) is 4.92. The van der Waals surface area contributed by atoms with E-state index < -0.39 is 23.7 Å². The van der Waals surface area contributed by atoms with Crippen LogP contribution in [-0.4, -0.2) is 28.2 Å². The van der Waals surface area contributed by atoms with Gasteiger partial charge in [-0.1, -0.05) is 0 Å². The zero-order valence-corrected chi connectivity index (χ0v) is 10.4. The van der Waals surface area contributed by atoms with E-state index in [-0.39, 0.29) is 12.2 Å². The van der Waals surface area contributed by atoms with Crippen LogP contribution in [0.3, 0.4) is 0 Å². The molecule has 0 heterocycles. The van der Waals surface area contributed by atoms with E-state index in [0.29, 0.717) is 0 Å². The molecular weight excluding hydrogens is 218 g/mol. The molecule has 0 unspecified atom stereocenters. The van der Waals surface area contributed by atoms with Gasteiger partial charge in [0.1, 0.15) is 17.1 Å². The molecule has 1 N–H and O–H groups in total. The Hall–Kier alpha value is -1.00. The first kappa shape index (κ1) is 17.4. The molecule has 0 saturated carbocycles. The highest BCUT2D eigenvalue weighted by Gasteiger charge is 2.19. The van der Waals surface area contributed by atoms with Gasteiger partial charge in [0.15, 0.2) is 0 Å². The fourth-order valence-electron chi connectivity index (χ4n) is 0.952. The van der Waals surface area contributed by atoms with Gasteiger partial charge >= 0.3 is 5.97 Å². The summed E-state index contributed by atoms with van der Waals surface area (Å²) in [5.74, 6) is -1.20. The quantitative estimate of drug-likeness (QED) is 0.819. The number of carboxylic acids is 1. The zero-order valence-electron chi connectivity index (χ0n) is 10.4. The normalized spacial score (nSPS) is 11.4. The highest BCUT2D eigenvalue weighted by atomic mass is 19.1. The molecule has 16 heavy (non-hydrogen) atoms. The van der Waals surface area contributed by atoms with Crippen LogP contribution in [-0.2, 0) is 9.59 Å². The van der Waals surface area contributed by atoms with E-state index in [0.717, 1.165) is 0 Å². The van der Waals surface area contributed by atoms with E-state index in [1.807, 2.05) is 0 Å². The lowest BCUT2D eigenvalue weighted by Gasteiger charge is -2.09. The second-order valence-electron chi connectivity index (χ2n) is 4.89. The monoisotopic (exact) mass is 238 g/mol. The number of Topliss-reactive ketones (excluding diaryl/α,β-unsaturated/α-hetero) is 1. The van der Waals surface area contributed by atoms with Gasteiger partial charge in [-0.3, -0.25) is 9.59 Å². The molecule has 0 fully saturated rings. The SMILES string of the molecule is CC(=O)CC(C)(C)F.CC(C)(F)CC(=O)O. The average molecular weight is 238 g/mol. The maximum atomic E-state index is 12.4. The molecule has 0 spiro atoms. The molecule has 0 amide bonds. The minimum Gasteiger partial charge on any atom is -0.481 e. The molecule has 3 nitrogen and oxygen atoms in total. The van der Waals surface area contributed by atoms with E-state index in [1.54, 1.807) is 0 Å². The summed E-state index contributed by atoms with van der Waals surface area (Å²) in [4.78, 5) is 20.0. The third-order valence-electron chi connectivity index (χ3n) is 1.24. The van der Waals surface area contributed by atoms with Crippen LogP contribution in [0.5, 0.6) is 0 Å². The van der Waals surface area contributed by atoms with Crippen molar-refractivity contribution in [3.05, 3.63) is 0 Å². The molecule has 0 radical (unpaired) electrons. The van der Waals surface area contributed by atoms with Gasteiger partial charge in [-0.15, -0.1) is 0 Å². The molecule has 0 bridgehead atoms. The number of ketones is 1. The largest absolute Gasteiger partial charge is 0.481 e. The van der Waals surface area contributed by atoms with Crippen molar-refractivity contribution >= 4 is 11.8 Å². The van der Waals surface area contributed by atoms with Gasteiger partial charge in [-0.25, -0.2) is 8.78 Å². The Morgan fingerprint density at radius 1 is 1.00 bits per heavy atom. The average Bonchev–Trinajstić information content (AvgIpc) is 1.72. The summed E-state index contributed by atoms with van der Waals surface area (Å²) in [6, 6.07) is 0. The molecule has 0 atom stereocenters. The van der Waals surface area contributed by atoms with Gasteiger partial charge in [0.2, 0.25) is 0 Å². The summed E-state index contributed by atoms with van der Waals surface area (Å²) in [5.41, 5.74) is -2.91. The number of aliphatic carboxylic acids is 1.